The van der Waals surface area contributed by atoms with E-state index in [9.17, 15) is 0 Å². The van der Waals surface area contributed by atoms with Crippen molar-refractivity contribution in [3.05, 3.63) is 11.8 Å². The molecule has 0 N–H and O–H groups in total. The molecule has 0 saturated heterocycles. The fourth-order valence-corrected chi connectivity index (χ4v) is 0.204. The molecule has 14 heavy (non-hydrogen) atoms. The normalized spacial score (nSPS) is 8.14. The van der Waals surface area contributed by atoms with Crippen molar-refractivity contribution in [3.8, 4) is 0 Å². The second kappa shape index (κ2) is 23.2. The molecule has 0 spiro atoms. The van der Waals surface area contributed by atoms with E-state index in [1.807, 2.05) is 13.8 Å². The second-order valence-corrected chi connectivity index (χ2v) is 3.78. The Kier molecular flexibility index (Phi) is 39.3. The van der Waals surface area contributed by atoms with Gasteiger partial charge in [0.05, 0.1) is 0 Å². The summed E-state index contributed by atoms with van der Waals surface area (Å²) in [5.74, 6) is 2.83. The third-order valence-electron chi connectivity index (χ3n) is 0.408. The summed E-state index contributed by atoms with van der Waals surface area (Å²) in [5.41, 5.74) is 0. The topological polar surface area (TPSA) is 9.23 Å². The molecule has 0 rings (SSSR count). The summed E-state index contributed by atoms with van der Waals surface area (Å²) in [6.45, 7) is 18.2. The van der Waals surface area contributed by atoms with Gasteiger partial charge in [0.1, 0.15) is 0 Å². The smallest absolute Gasteiger partial charge is 0.382 e. The largest absolute Gasteiger partial charge is 2.00 e. The van der Waals surface area contributed by atoms with Crippen LogP contribution in [0.3, 0.4) is 0 Å². The van der Waals surface area contributed by atoms with Crippen LogP contribution >= 0.6 is 0 Å². The maximum atomic E-state index is 4.83. The van der Waals surface area contributed by atoms with Gasteiger partial charge in [-0.25, -0.2) is 0 Å². The van der Waals surface area contributed by atoms with E-state index in [4.69, 9.17) is 4.74 Å². The first-order chi connectivity index (χ1) is 5.88. The van der Waals surface area contributed by atoms with Gasteiger partial charge in [0.25, 0.3) is 0 Å². The molecule has 1 nitrogen and oxygen atoms in total. The van der Waals surface area contributed by atoms with Gasteiger partial charge in [-0.3, -0.25) is 0 Å². The summed E-state index contributed by atoms with van der Waals surface area (Å²) in [7, 11) is 0. The summed E-state index contributed by atoms with van der Waals surface area (Å²) in [6.07, 6.45) is 0. The van der Waals surface area contributed by atoms with E-state index in [2.05, 4.69) is 41.5 Å². The van der Waals surface area contributed by atoms with Gasteiger partial charge < -0.3 is 16.6 Å². The Hall–Kier alpha value is 0.129. The van der Waals surface area contributed by atoms with Crippen LogP contribution in [-0.2, 0) is 4.74 Å². The van der Waals surface area contributed by atoms with Gasteiger partial charge in [0.2, 0.25) is 0 Å². The first kappa shape index (κ1) is 23.7. The maximum absolute atomic E-state index is 4.83. The van der Waals surface area contributed by atoms with Gasteiger partial charge >= 0.3 is 10.1 Å². The Labute approximate surface area is 95.8 Å². The average Bonchev–Trinajstić information content (AvgIpc) is 1.86. The number of hydrogen-bond acceptors (Lipinski definition) is 1. The monoisotopic (exact) mass is 197 g/mol. The van der Waals surface area contributed by atoms with Crippen molar-refractivity contribution in [2.24, 2.45) is 0 Å². The fourth-order valence-electron chi connectivity index (χ4n) is 0.204. The molecule has 0 atom stereocenters. The Balaban J connectivity index is -0.0000000522. The summed E-state index contributed by atoms with van der Waals surface area (Å²) < 4.78 is 4.83. The Morgan fingerprint density at radius 2 is 0.857 bits per heavy atom. The van der Waals surface area contributed by atoms with E-state index in [0.717, 1.165) is 13.2 Å². The Morgan fingerprint density at radius 3 is 0.857 bits per heavy atom. The van der Waals surface area contributed by atoms with E-state index >= 15 is 0 Å². The molecule has 0 amide bonds. The SMILES string of the molecule is CCOCC.C[C-](C)C.C[C-](C)C.[Be+2]. The predicted octanol–water partition coefficient (Wildman–Crippen LogP) is 3.90. The molecule has 0 aromatic rings. The third kappa shape index (κ3) is 331. The van der Waals surface area contributed by atoms with Crippen LogP contribution < -0.4 is 0 Å². The molecule has 0 aromatic heterocycles. The Morgan fingerprint density at radius 1 is 0.714 bits per heavy atom. The number of hydrogen-bond donors (Lipinski definition) is 0. The zero-order chi connectivity index (χ0) is 11.3. The molecule has 0 aliphatic rings. The van der Waals surface area contributed by atoms with Crippen molar-refractivity contribution < 1.29 is 4.74 Å². The molecule has 0 fully saturated rings. The molecule has 0 saturated carbocycles. The first-order valence-corrected chi connectivity index (χ1v) is 4.99. The molecule has 84 valence electrons. The Bertz CT molecular complexity index is 49.8. The van der Waals surface area contributed by atoms with Crippen LogP contribution in [0.5, 0.6) is 0 Å². The molecule has 0 heterocycles. The van der Waals surface area contributed by atoms with E-state index < -0.39 is 0 Å². The van der Waals surface area contributed by atoms with Crippen molar-refractivity contribution in [2.75, 3.05) is 13.2 Å². The maximum Gasteiger partial charge on any atom is 2.00 e. The molecular formula is C12H28BeO. The minimum absolute atomic E-state index is 0. The summed E-state index contributed by atoms with van der Waals surface area (Å²) in [4.78, 5) is 0. The van der Waals surface area contributed by atoms with Crippen LogP contribution in [0.25, 0.3) is 0 Å². The molecular weight excluding hydrogens is 169 g/mol. The molecule has 0 unspecified atom stereocenters. The van der Waals surface area contributed by atoms with Gasteiger partial charge in [0, 0.05) is 13.2 Å². The van der Waals surface area contributed by atoms with E-state index in [0.29, 0.717) is 0 Å². The van der Waals surface area contributed by atoms with E-state index in [-0.39, 0.29) is 10.1 Å². The second-order valence-electron chi connectivity index (χ2n) is 3.78. The van der Waals surface area contributed by atoms with Gasteiger partial charge in [-0.1, -0.05) is 0 Å². The first-order valence-electron chi connectivity index (χ1n) is 4.99. The zero-order valence-corrected chi connectivity index (χ0v) is 11.5. The summed E-state index contributed by atoms with van der Waals surface area (Å²) in [5, 5.41) is 0. The zero-order valence-electron chi connectivity index (χ0n) is 11.5. The molecule has 0 aliphatic carbocycles. The third-order valence-corrected chi connectivity index (χ3v) is 0.408. The number of rotatable bonds is 2. The van der Waals surface area contributed by atoms with Crippen LogP contribution in [0.4, 0.5) is 0 Å². The van der Waals surface area contributed by atoms with Crippen LogP contribution in [0.15, 0.2) is 0 Å². The van der Waals surface area contributed by atoms with E-state index in [1.165, 1.54) is 11.8 Å². The molecule has 0 radical (unpaired) electrons. The molecule has 2 heteroatoms. The molecule has 0 aromatic carbocycles. The van der Waals surface area contributed by atoms with Crippen molar-refractivity contribution in [1.29, 1.82) is 0 Å². The van der Waals surface area contributed by atoms with Gasteiger partial charge in [-0.05, 0) is 13.8 Å². The van der Waals surface area contributed by atoms with Crippen molar-refractivity contribution in [2.45, 2.75) is 55.4 Å². The van der Waals surface area contributed by atoms with Gasteiger partial charge in [-0.2, -0.15) is 41.5 Å². The van der Waals surface area contributed by atoms with Crippen LogP contribution in [0.1, 0.15) is 55.4 Å². The van der Waals surface area contributed by atoms with Crippen molar-refractivity contribution >= 4 is 10.1 Å². The quantitative estimate of drug-likeness (QED) is 0.482. The number of ether oxygens (including phenoxy) is 1. The van der Waals surface area contributed by atoms with Crippen molar-refractivity contribution in [1.82, 2.24) is 0 Å². The van der Waals surface area contributed by atoms with Crippen LogP contribution in [0, 0.1) is 11.8 Å². The standard InChI is InChI=1S/C4H10O.2C4H9.Be/c1-3-5-4-2;2*1-4(2)3;/h3-4H2,1-2H3;2*1-3H3;/q;2*-1;+2. The summed E-state index contributed by atoms with van der Waals surface area (Å²) >= 11 is 0. The van der Waals surface area contributed by atoms with Crippen LogP contribution in [-0.4, -0.2) is 23.3 Å². The van der Waals surface area contributed by atoms with Crippen LogP contribution in [0.2, 0.25) is 0 Å². The minimum Gasteiger partial charge on any atom is -0.382 e. The predicted molar refractivity (Wildman–Crippen MR) is 68.5 cm³/mol. The molecule has 0 bridgehead atoms. The summed E-state index contributed by atoms with van der Waals surface area (Å²) in [6, 6.07) is 0. The van der Waals surface area contributed by atoms with Gasteiger partial charge in [0.15, 0.2) is 0 Å². The minimum atomic E-state index is 0. The molecule has 0 aliphatic heterocycles. The van der Waals surface area contributed by atoms with Crippen molar-refractivity contribution in [3.63, 3.8) is 0 Å². The van der Waals surface area contributed by atoms with Gasteiger partial charge in [-0.15, -0.1) is 0 Å². The average molecular weight is 197 g/mol. The van der Waals surface area contributed by atoms with E-state index in [1.54, 1.807) is 0 Å². The fraction of sp³-hybridized carbons (Fsp3) is 0.833.